The van der Waals surface area contributed by atoms with E-state index in [0.717, 1.165) is 12.0 Å². The third-order valence-electron chi connectivity index (χ3n) is 3.19. The van der Waals surface area contributed by atoms with E-state index >= 15 is 0 Å². The van der Waals surface area contributed by atoms with E-state index in [9.17, 15) is 9.59 Å². The zero-order chi connectivity index (χ0) is 14.3. The Balaban J connectivity index is 2.74. The SMILES string of the molecule is CCC(C)C(=O)N(CCC(N)=O)Cc1ccccc1. The van der Waals surface area contributed by atoms with Crippen molar-refractivity contribution in [3.63, 3.8) is 0 Å². The molecule has 0 aliphatic carbocycles. The average molecular weight is 262 g/mol. The summed E-state index contributed by atoms with van der Waals surface area (Å²) in [4.78, 5) is 24.9. The molecule has 0 radical (unpaired) electrons. The lowest BCUT2D eigenvalue weighted by molar-refractivity contribution is -0.136. The van der Waals surface area contributed by atoms with Crippen LogP contribution in [-0.4, -0.2) is 23.3 Å². The fourth-order valence-electron chi connectivity index (χ4n) is 1.80. The second-order valence-corrected chi connectivity index (χ2v) is 4.77. The second-order valence-electron chi connectivity index (χ2n) is 4.77. The molecule has 0 saturated heterocycles. The minimum atomic E-state index is -0.380. The Morgan fingerprint density at radius 3 is 2.42 bits per heavy atom. The van der Waals surface area contributed by atoms with Gasteiger partial charge in [-0.3, -0.25) is 9.59 Å². The van der Waals surface area contributed by atoms with Crippen LogP contribution in [0.4, 0.5) is 0 Å². The smallest absolute Gasteiger partial charge is 0.225 e. The summed E-state index contributed by atoms with van der Waals surface area (Å²) in [5, 5.41) is 0. The first-order valence-electron chi connectivity index (χ1n) is 6.65. The quantitative estimate of drug-likeness (QED) is 0.816. The summed E-state index contributed by atoms with van der Waals surface area (Å²) in [7, 11) is 0. The van der Waals surface area contributed by atoms with Crippen molar-refractivity contribution in [2.75, 3.05) is 6.54 Å². The third kappa shape index (κ3) is 5.12. The molecule has 104 valence electrons. The highest BCUT2D eigenvalue weighted by atomic mass is 16.2. The van der Waals surface area contributed by atoms with Gasteiger partial charge < -0.3 is 10.6 Å². The van der Waals surface area contributed by atoms with Gasteiger partial charge in [-0.25, -0.2) is 0 Å². The summed E-state index contributed by atoms with van der Waals surface area (Å²) in [6, 6.07) is 9.76. The van der Waals surface area contributed by atoms with Crippen molar-refractivity contribution in [3.8, 4) is 0 Å². The van der Waals surface area contributed by atoms with E-state index in [2.05, 4.69) is 0 Å². The summed E-state index contributed by atoms with van der Waals surface area (Å²) in [5.41, 5.74) is 6.22. The highest BCUT2D eigenvalue weighted by molar-refractivity contribution is 5.79. The predicted molar refractivity (Wildman–Crippen MR) is 75.1 cm³/mol. The molecule has 1 unspecified atom stereocenters. The molecule has 4 heteroatoms. The van der Waals surface area contributed by atoms with Gasteiger partial charge in [0.25, 0.3) is 0 Å². The molecule has 2 amide bonds. The summed E-state index contributed by atoms with van der Waals surface area (Å²) >= 11 is 0. The maximum atomic E-state index is 12.3. The second kappa shape index (κ2) is 7.56. The first-order valence-corrected chi connectivity index (χ1v) is 6.65. The summed E-state index contributed by atoms with van der Waals surface area (Å²) in [6.45, 7) is 4.80. The number of nitrogens with two attached hydrogens (primary N) is 1. The molecule has 2 N–H and O–H groups in total. The van der Waals surface area contributed by atoms with Gasteiger partial charge in [0.15, 0.2) is 0 Å². The molecule has 0 heterocycles. The normalized spacial score (nSPS) is 11.9. The number of primary amides is 1. The van der Waals surface area contributed by atoms with Gasteiger partial charge >= 0.3 is 0 Å². The average Bonchev–Trinajstić information content (AvgIpc) is 2.42. The van der Waals surface area contributed by atoms with Crippen molar-refractivity contribution in [1.29, 1.82) is 0 Å². The summed E-state index contributed by atoms with van der Waals surface area (Å²) in [6.07, 6.45) is 0.996. The Bertz CT molecular complexity index is 417. The van der Waals surface area contributed by atoms with Gasteiger partial charge in [0, 0.05) is 25.4 Å². The predicted octanol–water partition coefficient (Wildman–Crippen LogP) is 1.94. The number of carbonyl (C=O) groups excluding carboxylic acids is 2. The molecule has 1 atom stereocenters. The van der Waals surface area contributed by atoms with Crippen LogP contribution in [0.15, 0.2) is 30.3 Å². The molecule has 0 bridgehead atoms. The molecule has 0 fully saturated rings. The molecule has 19 heavy (non-hydrogen) atoms. The van der Waals surface area contributed by atoms with E-state index in [4.69, 9.17) is 5.73 Å². The van der Waals surface area contributed by atoms with Crippen LogP contribution < -0.4 is 5.73 Å². The molecule has 1 aromatic rings. The van der Waals surface area contributed by atoms with Crippen LogP contribution >= 0.6 is 0 Å². The highest BCUT2D eigenvalue weighted by Crippen LogP contribution is 2.11. The first-order chi connectivity index (χ1) is 9.04. The largest absolute Gasteiger partial charge is 0.370 e. The van der Waals surface area contributed by atoms with E-state index in [1.165, 1.54) is 0 Å². The number of benzene rings is 1. The maximum absolute atomic E-state index is 12.3. The van der Waals surface area contributed by atoms with Crippen molar-refractivity contribution < 1.29 is 9.59 Å². The van der Waals surface area contributed by atoms with Crippen molar-refractivity contribution in [2.24, 2.45) is 11.7 Å². The molecule has 0 spiro atoms. The number of hydrogen-bond donors (Lipinski definition) is 1. The Morgan fingerprint density at radius 1 is 1.26 bits per heavy atom. The van der Waals surface area contributed by atoms with Crippen LogP contribution in [0.25, 0.3) is 0 Å². The van der Waals surface area contributed by atoms with Crippen LogP contribution in [0, 0.1) is 5.92 Å². The number of carbonyl (C=O) groups is 2. The first kappa shape index (κ1) is 15.2. The van der Waals surface area contributed by atoms with Gasteiger partial charge in [-0.2, -0.15) is 0 Å². The van der Waals surface area contributed by atoms with E-state index in [-0.39, 0.29) is 24.2 Å². The summed E-state index contributed by atoms with van der Waals surface area (Å²) < 4.78 is 0. The lowest BCUT2D eigenvalue weighted by atomic mass is 10.1. The van der Waals surface area contributed by atoms with E-state index in [1.807, 2.05) is 44.2 Å². The van der Waals surface area contributed by atoms with Crippen LogP contribution in [0.2, 0.25) is 0 Å². The van der Waals surface area contributed by atoms with Gasteiger partial charge in [-0.15, -0.1) is 0 Å². The van der Waals surface area contributed by atoms with Gasteiger partial charge in [0.1, 0.15) is 0 Å². The molecule has 4 nitrogen and oxygen atoms in total. The lowest BCUT2D eigenvalue weighted by Gasteiger charge is -2.25. The minimum absolute atomic E-state index is 0.0309. The van der Waals surface area contributed by atoms with Crippen LogP contribution in [-0.2, 0) is 16.1 Å². The van der Waals surface area contributed by atoms with E-state index in [0.29, 0.717) is 13.1 Å². The van der Waals surface area contributed by atoms with Crippen LogP contribution in [0.5, 0.6) is 0 Å². The molecule has 0 aliphatic heterocycles. The number of amides is 2. The number of rotatable bonds is 7. The monoisotopic (exact) mass is 262 g/mol. The zero-order valence-electron chi connectivity index (χ0n) is 11.6. The van der Waals surface area contributed by atoms with Gasteiger partial charge in [0.2, 0.25) is 11.8 Å². The number of hydrogen-bond acceptors (Lipinski definition) is 2. The molecule has 1 rings (SSSR count). The lowest BCUT2D eigenvalue weighted by Crippen LogP contribution is -2.36. The minimum Gasteiger partial charge on any atom is -0.370 e. The molecule has 0 aromatic heterocycles. The van der Waals surface area contributed by atoms with Gasteiger partial charge in [-0.05, 0) is 12.0 Å². The number of nitrogens with zero attached hydrogens (tertiary/aromatic N) is 1. The third-order valence-corrected chi connectivity index (χ3v) is 3.19. The van der Waals surface area contributed by atoms with E-state index in [1.54, 1.807) is 4.90 Å². The standard InChI is InChI=1S/C15H22N2O2/c1-3-12(2)15(19)17(10-9-14(16)18)11-13-7-5-4-6-8-13/h4-8,12H,3,9-11H2,1-2H3,(H2,16,18). The Hall–Kier alpha value is -1.84. The van der Waals surface area contributed by atoms with Crippen molar-refractivity contribution in [1.82, 2.24) is 4.90 Å². The van der Waals surface area contributed by atoms with Crippen LogP contribution in [0.1, 0.15) is 32.3 Å². The van der Waals surface area contributed by atoms with Crippen molar-refractivity contribution in [2.45, 2.75) is 33.2 Å². The molecular formula is C15H22N2O2. The van der Waals surface area contributed by atoms with Crippen molar-refractivity contribution in [3.05, 3.63) is 35.9 Å². The summed E-state index contributed by atoms with van der Waals surface area (Å²) in [5.74, 6) is -0.334. The van der Waals surface area contributed by atoms with Gasteiger partial charge in [0.05, 0.1) is 0 Å². The maximum Gasteiger partial charge on any atom is 0.225 e. The topological polar surface area (TPSA) is 63.4 Å². The Labute approximate surface area is 114 Å². The highest BCUT2D eigenvalue weighted by Gasteiger charge is 2.19. The fraction of sp³-hybridized carbons (Fsp3) is 0.467. The zero-order valence-corrected chi connectivity index (χ0v) is 11.6. The Morgan fingerprint density at radius 2 is 1.89 bits per heavy atom. The molecule has 1 aromatic carbocycles. The van der Waals surface area contributed by atoms with Gasteiger partial charge in [-0.1, -0.05) is 44.2 Å². The van der Waals surface area contributed by atoms with Crippen LogP contribution in [0.3, 0.4) is 0 Å². The van der Waals surface area contributed by atoms with Crippen molar-refractivity contribution >= 4 is 11.8 Å². The molecular weight excluding hydrogens is 240 g/mol. The molecule has 0 aliphatic rings. The Kier molecular flexibility index (Phi) is 6.06. The molecule has 0 saturated carbocycles. The fourth-order valence-corrected chi connectivity index (χ4v) is 1.80. The van der Waals surface area contributed by atoms with E-state index < -0.39 is 0 Å².